The Morgan fingerprint density at radius 3 is 2.33 bits per heavy atom. The fourth-order valence-electron chi connectivity index (χ4n) is 5.58. The highest BCUT2D eigenvalue weighted by Gasteiger charge is 2.66. The molecule has 0 saturated heterocycles. The zero-order chi connectivity index (χ0) is 24.8. The van der Waals surface area contributed by atoms with Gasteiger partial charge in [0.2, 0.25) is 5.78 Å². The number of halogens is 1. The molecule has 4 rings (SSSR count). The van der Waals surface area contributed by atoms with Crippen LogP contribution in [0.3, 0.4) is 0 Å². The number of fused-ring (bicyclic) bond motifs is 3. The molecule has 1 aromatic rings. The summed E-state index contributed by atoms with van der Waals surface area (Å²) in [4.78, 5) is 40.1. The van der Waals surface area contributed by atoms with Crippen molar-refractivity contribution < 1.29 is 39.9 Å². The maximum Gasteiger partial charge on any atom is 0.255 e. The predicted molar refractivity (Wildman–Crippen MR) is 115 cm³/mol. The van der Waals surface area contributed by atoms with Gasteiger partial charge in [0, 0.05) is 28.0 Å². The molecule has 0 aromatic heterocycles. The van der Waals surface area contributed by atoms with Crippen LogP contribution in [0, 0.1) is 11.8 Å². The van der Waals surface area contributed by atoms with Crippen molar-refractivity contribution in [1.82, 2.24) is 4.90 Å². The van der Waals surface area contributed by atoms with Crippen LogP contribution in [0.2, 0.25) is 5.02 Å². The molecule has 7 N–H and O–H groups in total. The molecule has 0 unspecified atom stereocenters. The average molecular weight is 479 g/mol. The van der Waals surface area contributed by atoms with Crippen molar-refractivity contribution in [2.24, 2.45) is 17.6 Å². The highest BCUT2D eigenvalue weighted by atomic mass is 35.5. The number of phenols is 1. The third-order valence-electron chi connectivity index (χ3n) is 7.07. The van der Waals surface area contributed by atoms with E-state index < -0.39 is 75.0 Å². The van der Waals surface area contributed by atoms with Gasteiger partial charge >= 0.3 is 0 Å². The Morgan fingerprint density at radius 2 is 1.79 bits per heavy atom. The molecular formula is C22H23ClN2O8. The van der Waals surface area contributed by atoms with E-state index in [1.165, 1.54) is 38.1 Å². The maximum absolute atomic E-state index is 13.7. The SMILES string of the molecule is CN(C)[C@@H]1C(=O)C(C(N)=O)=C(O)[C@@]2(O)C(=O)C3=C(O)c4c(O)ccc(Cl)c4[C@](C)(O)[C@H]3C[C@@H]12. The van der Waals surface area contributed by atoms with E-state index in [4.69, 9.17) is 17.3 Å². The monoisotopic (exact) mass is 478 g/mol. The van der Waals surface area contributed by atoms with E-state index in [9.17, 15) is 39.9 Å². The van der Waals surface area contributed by atoms with Crippen molar-refractivity contribution in [1.29, 1.82) is 0 Å². The molecule has 0 aliphatic heterocycles. The number of nitrogens with two attached hydrogens (primary N) is 1. The fourth-order valence-corrected chi connectivity index (χ4v) is 5.93. The lowest BCUT2D eigenvalue weighted by Gasteiger charge is -2.53. The topological polar surface area (TPSA) is 182 Å². The molecule has 10 nitrogen and oxygen atoms in total. The van der Waals surface area contributed by atoms with Crippen molar-refractivity contribution in [3.63, 3.8) is 0 Å². The summed E-state index contributed by atoms with van der Waals surface area (Å²) in [5.41, 5.74) is -1.10. The first kappa shape index (κ1) is 23.2. The van der Waals surface area contributed by atoms with E-state index in [0.29, 0.717) is 0 Å². The Kier molecular flexibility index (Phi) is 4.96. The van der Waals surface area contributed by atoms with Gasteiger partial charge in [-0.3, -0.25) is 19.3 Å². The highest BCUT2D eigenvalue weighted by Crippen LogP contribution is 2.58. The minimum absolute atomic E-state index is 0.0187. The Labute approximate surface area is 193 Å². The molecule has 33 heavy (non-hydrogen) atoms. The number of aliphatic hydroxyl groups is 4. The van der Waals surface area contributed by atoms with Gasteiger partial charge in [-0.25, -0.2) is 0 Å². The molecular weight excluding hydrogens is 456 g/mol. The summed E-state index contributed by atoms with van der Waals surface area (Å²) in [5, 5.41) is 55.2. The van der Waals surface area contributed by atoms with Crippen molar-refractivity contribution in [2.75, 3.05) is 14.1 Å². The summed E-state index contributed by atoms with van der Waals surface area (Å²) < 4.78 is 0. The Morgan fingerprint density at radius 1 is 1.18 bits per heavy atom. The molecule has 11 heteroatoms. The fraction of sp³-hybridized carbons (Fsp3) is 0.409. The number of likely N-dealkylation sites (N-methyl/N-ethyl adjacent to an activating group) is 1. The van der Waals surface area contributed by atoms with E-state index in [-0.39, 0.29) is 22.6 Å². The molecule has 1 aromatic carbocycles. The highest BCUT2D eigenvalue weighted by molar-refractivity contribution is 6.32. The smallest absolute Gasteiger partial charge is 0.255 e. The number of ketones is 2. The van der Waals surface area contributed by atoms with Crippen LogP contribution in [0.1, 0.15) is 24.5 Å². The predicted octanol–water partition coefficient (Wildman–Crippen LogP) is 0.282. The second-order valence-corrected chi connectivity index (χ2v) is 9.48. The van der Waals surface area contributed by atoms with Crippen LogP contribution in [0.4, 0.5) is 0 Å². The zero-order valence-corrected chi connectivity index (χ0v) is 18.7. The van der Waals surface area contributed by atoms with Gasteiger partial charge < -0.3 is 31.3 Å². The van der Waals surface area contributed by atoms with Gasteiger partial charge in [0.25, 0.3) is 5.91 Å². The molecule has 0 radical (unpaired) electrons. The van der Waals surface area contributed by atoms with Crippen LogP contribution in [-0.2, 0) is 20.0 Å². The first-order chi connectivity index (χ1) is 15.2. The lowest BCUT2D eigenvalue weighted by Crippen LogP contribution is -2.67. The van der Waals surface area contributed by atoms with Gasteiger partial charge in [0.1, 0.15) is 22.8 Å². The summed E-state index contributed by atoms with van der Waals surface area (Å²) in [6.45, 7) is 1.34. The summed E-state index contributed by atoms with van der Waals surface area (Å²) in [5.74, 6) is -8.30. The second kappa shape index (κ2) is 7.04. The number of rotatable bonds is 2. The Balaban J connectivity index is 2.07. The van der Waals surface area contributed by atoms with Crippen molar-refractivity contribution in [2.45, 2.75) is 30.6 Å². The molecule has 1 amide bonds. The number of benzene rings is 1. The van der Waals surface area contributed by atoms with Gasteiger partial charge in [-0.05, 0) is 39.6 Å². The third-order valence-corrected chi connectivity index (χ3v) is 7.39. The summed E-state index contributed by atoms with van der Waals surface area (Å²) in [6.07, 6.45) is -0.259. The van der Waals surface area contributed by atoms with Crippen LogP contribution < -0.4 is 5.73 Å². The molecule has 3 aliphatic rings. The van der Waals surface area contributed by atoms with Gasteiger partial charge in [-0.15, -0.1) is 0 Å². The van der Waals surface area contributed by atoms with Gasteiger partial charge in [0.05, 0.1) is 17.2 Å². The first-order valence-electron chi connectivity index (χ1n) is 10.1. The van der Waals surface area contributed by atoms with Crippen LogP contribution >= 0.6 is 11.6 Å². The average Bonchev–Trinajstić information content (AvgIpc) is 2.69. The number of Topliss-reactive ketones (excluding diaryl/α,β-unsaturated/α-hetero) is 2. The first-order valence-corrected chi connectivity index (χ1v) is 10.5. The normalized spacial score (nSPS) is 33.7. The lowest BCUT2D eigenvalue weighted by molar-refractivity contribution is -0.159. The standard InChI is InChI=1S/C22H23ClN2O8/c1-21(32)7-6-8-15(25(2)3)17(28)13(20(24)31)19(30)22(8,33)18(29)11(7)16(27)12-10(26)5-4-9(23)14(12)21/h4-5,7-8,15,26-27,30,32-33H,6H2,1-3H3,(H2,24,31)/t7-,8-,15-,21+,22-/m0/s1. The van der Waals surface area contributed by atoms with Crippen LogP contribution in [0.15, 0.2) is 29.0 Å². The van der Waals surface area contributed by atoms with E-state index in [1.54, 1.807) is 0 Å². The molecule has 1 saturated carbocycles. The number of aromatic hydroxyl groups is 1. The maximum atomic E-state index is 13.7. The molecule has 5 atom stereocenters. The number of nitrogens with zero attached hydrogens (tertiary/aromatic N) is 1. The van der Waals surface area contributed by atoms with Crippen molar-refractivity contribution in [3.8, 4) is 5.75 Å². The van der Waals surface area contributed by atoms with Crippen molar-refractivity contribution >= 4 is 34.8 Å². The largest absolute Gasteiger partial charge is 0.508 e. The second-order valence-electron chi connectivity index (χ2n) is 9.08. The van der Waals surface area contributed by atoms with E-state index in [1.807, 2.05) is 0 Å². The number of aliphatic hydroxyl groups excluding tert-OH is 2. The van der Waals surface area contributed by atoms with Gasteiger partial charge in [-0.1, -0.05) is 11.6 Å². The lowest BCUT2D eigenvalue weighted by atomic mass is 9.54. The van der Waals surface area contributed by atoms with Crippen LogP contribution in [0.25, 0.3) is 5.76 Å². The molecule has 0 spiro atoms. The van der Waals surface area contributed by atoms with E-state index >= 15 is 0 Å². The number of hydrogen-bond acceptors (Lipinski definition) is 9. The number of hydrogen-bond donors (Lipinski definition) is 6. The zero-order valence-electron chi connectivity index (χ0n) is 18.0. The number of carbonyl (C=O) groups excluding carboxylic acids is 3. The van der Waals surface area contributed by atoms with Gasteiger partial charge in [0.15, 0.2) is 11.4 Å². The Hall–Kier alpha value is -2.92. The Bertz CT molecular complexity index is 1200. The number of primary amides is 1. The summed E-state index contributed by atoms with van der Waals surface area (Å²) in [6, 6.07) is 1.24. The molecule has 3 aliphatic carbocycles. The van der Waals surface area contributed by atoms with Crippen LogP contribution in [-0.4, -0.2) is 73.6 Å². The third kappa shape index (κ3) is 2.75. The number of carbonyl (C=O) groups is 3. The van der Waals surface area contributed by atoms with Crippen LogP contribution in [0.5, 0.6) is 5.75 Å². The summed E-state index contributed by atoms with van der Waals surface area (Å²) >= 11 is 6.28. The number of phenolic OH excluding ortho intramolecular Hbond substituents is 1. The minimum Gasteiger partial charge on any atom is -0.508 e. The molecule has 1 fully saturated rings. The summed E-state index contributed by atoms with van der Waals surface area (Å²) in [7, 11) is 2.97. The number of amides is 1. The quantitative estimate of drug-likeness (QED) is 0.325. The van der Waals surface area contributed by atoms with Crippen molar-refractivity contribution in [3.05, 3.63) is 45.2 Å². The molecule has 176 valence electrons. The minimum atomic E-state index is -2.78. The van der Waals surface area contributed by atoms with E-state index in [0.717, 1.165) is 0 Å². The molecule has 0 bridgehead atoms. The van der Waals surface area contributed by atoms with E-state index in [2.05, 4.69) is 0 Å². The van der Waals surface area contributed by atoms with Gasteiger partial charge in [-0.2, -0.15) is 0 Å². The molecule has 0 heterocycles.